The van der Waals surface area contributed by atoms with Crippen molar-refractivity contribution in [2.75, 3.05) is 11.4 Å². The highest BCUT2D eigenvalue weighted by atomic mass is 19.1. The van der Waals surface area contributed by atoms with E-state index in [-0.39, 0.29) is 17.5 Å². The number of carbonyl (C=O) groups is 2. The summed E-state index contributed by atoms with van der Waals surface area (Å²) in [6, 6.07) is 11.9. The Bertz CT molecular complexity index is 1130. The molecule has 2 amide bonds. The molecule has 0 aliphatic heterocycles. The van der Waals surface area contributed by atoms with Crippen LogP contribution in [0.25, 0.3) is 11.3 Å². The minimum absolute atomic E-state index is 0.168. The lowest BCUT2D eigenvalue weighted by Gasteiger charge is -2.22. The van der Waals surface area contributed by atoms with Crippen LogP contribution in [0.1, 0.15) is 41.4 Å². The van der Waals surface area contributed by atoms with Gasteiger partial charge >= 0.3 is 0 Å². The number of hydrogen-bond donors (Lipinski definition) is 1. The Morgan fingerprint density at radius 1 is 1.09 bits per heavy atom. The van der Waals surface area contributed by atoms with Gasteiger partial charge in [0.1, 0.15) is 5.82 Å². The Kier molecular flexibility index (Phi) is 6.25. The predicted octanol–water partition coefficient (Wildman–Crippen LogP) is 4.28. The van der Waals surface area contributed by atoms with Crippen LogP contribution in [0.2, 0.25) is 0 Å². The first kappa shape index (κ1) is 21.6. The summed E-state index contributed by atoms with van der Waals surface area (Å²) in [5.41, 5.74) is 3.66. The van der Waals surface area contributed by atoms with Gasteiger partial charge in [0.15, 0.2) is 0 Å². The number of nitrogens with one attached hydrogen (secondary N) is 1. The molecule has 1 aliphatic carbocycles. The lowest BCUT2D eigenvalue weighted by Crippen LogP contribution is -2.31. The van der Waals surface area contributed by atoms with Gasteiger partial charge in [-0.2, -0.15) is 0 Å². The van der Waals surface area contributed by atoms with Gasteiger partial charge in [0.2, 0.25) is 5.91 Å². The molecule has 1 N–H and O–H groups in total. The molecule has 32 heavy (non-hydrogen) atoms. The van der Waals surface area contributed by atoms with Crippen molar-refractivity contribution in [1.82, 2.24) is 15.3 Å². The van der Waals surface area contributed by atoms with Gasteiger partial charge in [-0.25, -0.2) is 4.39 Å². The molecule has 0 spiro atoms. The highest BCUT2D eigenvalue weighted by Gasteiger charge is 2.27. The molecule has 3 aromatic rings. The molecule has 6 nitrogen and oxygen atoms in total. The molecule has 1 aliphatic rings. The standard InChI is InChI=1S/C25H25FN4O2/c1-16-3-4-19(12-27-16)13-29-25(32)21-7-9-23(28-14-21)20-8-10-24(22(26)11-20)30(17(2)31)15-18-5-6-18/h3-4,7-12,14,18H,5-6,13,15H2,1-2H3,(H,29,32). The number of hydrogen-bond acceptors (Lipinski definition) is 4. The average molecular weight is 432 g/mol. The van der Waals surface area contributed by atoms with Crippen LogP contribution in [0.3, 0.4) is 0 Å². The molecule has 0 saturated heterocycles. The first-order valence-electron chi connectivity index (χ1n) is 10.6. The molecule has 164 valence electrons. The third kappa shape index (κ3) is 5.17. The van der Waals surface area contributed by atoms with Gasteiger partial charge in [0, 0.05) is 43.7 Å². The average Bonchev–Trinajstić information content (AvgIpc) is 3.61. The largest absolute Gasteiger partial charge is 0.348 e. The van der Waals surface area contributed by atoms with E-state index in [2.05, 4.69) is 15.3 Å². The molecule has 1 fully saturated rings. The van der Waals surface area contributed by atoms with E-state index >= 15 is 0 Å². The number of aryl methyl sites for hydroxylation is 1. The van der Waals surface area contributed by atoms with Crippen molar-refractivity contribution in [2.45, 2.75) is 33.2 Å². The van der Waals surface area contributed by atoms with Gasteiger partial charge in [-0.1, -0.05) is 12.1 Å². The second-order valence-electron chi connectivity index (χ2n) is 8.16. The van der Waals surface area contributed by atoms with Gasteiger partial charge in [-0.3, -0.25) is 19.6 Å². The summed E-state index contributed by atoms with van der Waals surface area (Å²) in [5.74, 6) is -0.420. The molecule has 0 unspecified atom stereocenters. The summed E-state index contributed by atoms with van der Waals surface area (Å²) < 4.78 is 14.8. The summed E-state index contributed by atoms with van der Waals surface area (Å²) in [7, 11) is 0. The maximum atomic E-state index is 14.8. The highest BCUT2D eigenvalue weighted by Crippen LogP contribution is 2.33. The maximum Gasteiger partial charge on any atom is 0.253 e. The van der Waals surface area contributed by atoms with Crippen molar-refractivity contribution in [3.05, 3.63) is 77.5 Å². The van der Waals surface area contributed by atoms with E-state index in [4.69, 9.17) is 0 Å². The van der Waals surface area contributed by atoms with E-state index in [1.807, 2.05) is 19.1 Å². The summed E-state index contributed by atoms with van der Waals surface area (Å²) in [6.45, 7) is 4.28. The Morgan fingerprint density at radius 2 is 1.91 bits per heavy atom. The van der Waals surface area contributed by atoms with Crippen molar-refractivity contribution in [1.29, 1.82) is 0 Å². The summed E-state index contributed by atoms with van der Waals surface area (Å²) in [6.07, 6.45) is 5.36. The van der Waals surface area contributed by atoms with Crippen molar-refractivity contribution in [2.24, 2.45) is 5.92 Å². The third-order valence-corrected chi connectivity index (χ3v) is 5.50. The zero-order valence-electron chi connectivity index (χ0n) is 18.1. The van der Waals surface area contributed by atoms with Gasteiger partial charge < -0.3 is 10.2 Å². The van der Waals surface area contributed by atoms with Gasteiger partial charge in [-0.15, -0.1) is 0 Å². The number of carbonyl (C=O) groups excluding carboxylic acids is 2. The normalized spacial score (nSPS) is 13.0. The number of anilines is 1. The van der Waals surface area contributed by atoms with Gasteiger partial charge in [0.05, 0.1) is 16.9 Å². The van der Waals surface area contributed by atoms with Crippen LogP contribution in [0.4, 0.5) is 10.1 Å². The topological polar surface area (TPSA) is 75.2 Å². The number of pyridine rings is 2. The molecule has 4 rings (SSSR count). The maximum absolute atomic E-state index is 14.8. The van der Waals surface area contributed by atoms with E-state index in [1.54, 1.807) is 30.5 Å². The molecule has 1 saturated carbocycles. The number of rotatable bonds is 7. The molecule has 0 bridgehead atoms. The van der Waals surface area contributed by atoms with Gasteiger partial charge in [-0.05, 0) is 61.6 Å². The van der Waals surface area contributed by atoms with E-state index < -0.39 is 5.82 Å². The minimum Gasteiger partial charge on any atom is -0.348 e. The zero-order chi connectivity index (χ0) is 22.7. The molecule has 0 atom stereocenters. The van der Waals surface area contributed by atoms with E-state index in [9.17, 15) is 14.0 Å². The number of amides is 2. The fourth-order valence-corrected chi connectivity index (χ4v) is 3.43. The second kappa shape index (κ2) is 9.26. The van der Waals surface area contributed by atoms with Crippen LogP contribution < -0.4 is 10.2 Å². The first-order chi connectivity index (χ1) is 15.4. The molecular weight excluding hydrogens is 407 g/mol. The van der Waals surface area contributed by atoms with Crippen molar-refractivity contribution in [3.8, 4) is 11.3 Å². The first-order valence-corrected chi connectivity index (χ1v) is 10.6. The smallest absolute Gasteiger partial charge is 0.253 e. The zero-order valence-corrected chi connectivity index (χ0v) is 18.1. The summed E-state index contributed by atoms with van der Waals surface area (Å²) in [5, 5.41) is 2.84. The minimum atomic E-state index is -0.464. The lowest BCUT2D eigenvalue weighted by atomic mass is 10.1. The third-order valence-electron chi connectivity index (χ3n) is 5.50. The van der Waals surface area contributed by atoms with Crippen molar-refractivity contribution < 1.29 is 14.0 Å². The van der Waals surface area contributed by atoms with Crippen LogP contribution in [0, 0.1) is 18.7 Å². The quantitative estimate of drug-likeness (QED) is 0.605. The van der Waals surface area contributed by atoms with E-state index in [0.29, 0.717) is 35.8 Å². The Hall–Kier alpha value is -3.61. The van der Waals surface area contributed by atoms with Crippen LogP contribution in [-0.2, 0) is 11.3 Å². The predicted molar refractivity (Wildman–Crippen MR) is 121 cm³/mol. The molecule has 1 aromatic carbocycles. The number of benzene rings is 1. The highest BCUT2D eigenvalue weighted by molar-refractivity contribution is 5.94. The molecular formula is C25H25FN4O2. The number of aromatic nitrogens is 2. The van der Waals surface area contributed by atoms with Crippen LogP contribution in [0.5, 0.6) is 0 Å². The summed E-state index contributed by atoms with van der Waals surface area (Å²) in [4.78, 5) is 34.4. The van der Waals surface area contributed by atoms with Crippen LogP contribution in [-0.4, -0.2) is 28.3 Å². The number of halogens is 1. The van der Waals surface area contributed by atoms with Gasteiger partial charge in [0.25, 0.3) is 5.91 Å². The van der Waals surface area contributed by atoms with E-state index in [1.165, 1.54) is 24.1 Å². The molecule has 7 heteroatoms. The molecule has 0 radical (unpaired) electrons. The molecule has 2 heterocycles. The SMILES string of the molecule is CC(=O)N(CC1CC1)c1ccc(-c2ccc(C(=O)NCc3ccc(C)nc3)cn2)cc1F. The van der Waals surface area contributed by atoms with Crippen molar-refractivity contribution in [3.63, 3.8) is 0 Å². The Labute approximate surface area is 186 Å². The monoisotopic (exact) mass is 432 g/mol. The fourth-order valence-electron chi connectivity index (χ4n) is 3.43. The second-order valence-corrected chi connectivity index (χ2v) is 8.16. The Balaban J connectivity index is 1.43. The van der Waals surface area contributed by atoms with Crippen molar-refractivity contribution >= 4 is 17.5 Å². The van der Waals surface area contributed by atoms with Crippen LogP contribution in [0.15, 0.2) is 54.9 Å². The summed E-state index contributed by atoms with van der Waals surface area (Å²) >= 11 is 0. The van der Waals surface area contributed by atoms with Crippen LogP contribution >= 0.6 is 0 Å². The number of nitrogens with zero attached hydrogens (tertiary/aromatic N) is 3. The molecule has 2 aromatic heterocycles. The Morgan fingerprint density at radius 3 is 2.50 bits per heavy atom. The lowest BCUT2D eigenvalue weighted by molar-refractivity contribution is -0.116. The fraction of sp³-hybridized carbons (Fsp3) is 0.280. The van der Waals surface area contributed by atoms with E-state index in [0.717, 1.165) is 24.1 Å².